The Bertz CT molecular complexity index is 3190. The van der Waals surface area contributed by atoms with E-state index in [4.69, 9.17) is 32.0 Å². The average Bonchev–Trinajstić information content (AvgIpc) is 3.74. The number of halogens is 2. The van der Waals surface area contributed by atoms with Crippen LogP contribution in [0.4, 0.5) is 0 Å². The first-order chi connectivity index (χ1) is 28.9. The van der Waals surface area contributed by atoms with Gasteiger partial charge in [0.1, 0.15) is 18.6 Å². The second kappa shape index (κ2) is 15.8. The topological polar surface area (TPSA) is 212 Å². The van der Waals surface area contributed by atoms with Crippen molar-refractivity contribution in [2.24, 2.45) is 0 Å². The van der Waals surface area contributed by atoms with Crippen LogP contribution < -0.4 is 28.2 Å². The van der Waals surface area contributed by atoms with Crippen LogP contribution in [0.5, 0.6) is 0 Å². The van der Waals surface area contributed by atoms with Crippen molar-refractivity contribution in [2.45, 2.75) is 69.6 Å². The highest BCUT2D eigenvalue weighted by Gasteiger charge is 2.35. The normalized spacial score (nSPS) is 18.4. The number of pyridine rings is 2. The third kappa shape index (κ3) is 7.76. The van der Waals surface area contributed by atoms with Gasteiger partial charge in [-0.1, -0.05) is 47.5 Å². The Kier molecular flexibility index (Phi) is 10.2. The van der Waals surface area contributed by atoms with Crippen LogP contribution in [0.3, 0.4) is 0 Å². The summed E-state index contributed by atoms with van der Waals surface area (Å²) in [5.74, 6) is -0.0909. The van der Waals surface area contributed by atoms with Crippen LogP contribution in [0.2, 0.25) is 10.0 Å². The monoisotopic (exact) mass is 848 g/mol. The maximum absolute atomic E-state index is 12.7. The second-order valence-electron chi connectivity index (χ2n) is 14.9. The predicted octanol–water partition coefficient (Wildman–Crippen LogP) is 5.12. The van der Waals surface area contributed by atoms with Crippen LogP contribution >= 0.6 is 23.2 Å². The molecule has 0 unspecified atom stereocenters. The SMILES string of the molecule is Cc1ccc2ncn(Cc3nn(C4CC(c5ccc(Cl)cc5)C4)c(=O)o3)c(=O)c2n1.O=c1ccc2ncn(Cc3nn(C4CC(c5ccc(Cl)cc5)C4)c(=O)o3)c(=O)c2[nH]1. The van der Waals surface area contributed by atoms with Crippen LogP contribution in [0.25, 0.3) is 22.1 Å². The number of nitrogens with one attached hydrogen (secondary N) is 1. The Hall–Kier alpha value is -6.72. The fourth-order valence-corrected chi connectivity index (χ4v) is 7.80. The van der Waals surface area contributed by atoms with Crippen LogP contribution in [-0.4, -0.2) is 48.6 Å². The summed E-state index contributed by atoms with van der Waals surface area (Å²) in [4.78, 5) is 76.5. The molecule has 0 radical (unpaired) electrons. The molecule has 2 aromatic carbocycles. The molecular weight excluding hydrogens is 815 g/mol. The maximum Gasteiger partial charge on any atom is 0.437 e. The number of hydrogen-bond donors (Lipinski definition) is 1. The van der Waals surface area contributed by atoms with E-state index < -0.39 is 22.6 Å². The minimum atomic E-state index is -0.556. The number of rotatable bonds is 8. The van der Waals surface area contributed by atoms with Crippen LogP contribution in [-0.2, 0) is 13.1 Å². The Morgan fingerprint density at radius 2 is 1.12 bits per heavy atom. The zero-order chi connectivity index (χ0) is 41.7. The van der Waals surface area contributed by atoms with Crippen LogP contribution in [0.15, 0.2) is 118 Å². The minimum Gasteiger partial charge on any atom is -0.390 e. The van der Waals surface area contributed by atoms with E-state index in [1.54, 1.807) is 12.1 Å². The fraction of sp³-hybridized carbons (Fsp3) is 0.268. The molecule has 17 nitrogen and oxygen atoms in total. The Balaban J connectivity index is 0.000000154. The quantitative estimate of drug-likeness (QED) is 0.211. The lowest BCUT2D eigenvalue weighted by atomic mass is 9.76. The summed E-state index contributed by atoms with van der Waals surface area (Å²) in [5, 5.41) is 9.98. The standard InChI is InChI=1S/C21H18ClN5O3.C20H16ClN5O4/c1-12-2-7-17-19(24-12)20(28)26(11-23-17)10-18-25-27(21(29)30-18)16-8-14(9-16)13-3-5-15(22)6-4-13;21-13-3-1-11(2-4-13)12-7-14(8-12)26-20(29)30-17(24-26)9-25-10-22-15-5-6-16(27)23-18(15)19(25)28/h2-7,11,14,16H,8-10H2,1H3;1-6,10,12,14H,7-9H2,(H,23,27). The van der Waals surface area contributed by atoms with Crippen LogP contribution in [0, 0.1) is 6.92 Å². The van der Waals surface area contributed by atoms with Crippen molar-refractivity contribution in [2.75, 3.05) is 0 Å². The number of hydrogen-bond acceptors (Lipinski definition) is 12. The third-order valence-corrected chi connectivity index (χ3v) is 11.5. The van der Waals surface area contributed by atoms with E-state index in [-0.39, 0.29) is 53.5 Å². The van der Waals surface area contributed by atoms with E-state index in [0.717, 1.165) is 31.4 Å². The number of benzene rings is 2. The first kappa shape index (κ1) is 38.8. The van der Waals surface area contributed by atoms with E-state index in [2.05, 4.69) is 30.1 Å². The smallest absolute Gasteiger partial charge is 0.390 e. The van der Waals surface area contributed by atoms with Crippen molar-refractivity contribution in [3.8, 4) is 0 Å². The number of aromatic nitrogens is 10. The number of H-pyrrole nitrogens is 1. The summed E-state index contributed by atoms with van der Waals surface area (Å²) in [6.07, 6.45) is 5.89. The highest BCUT2D eigenvalue weighted by molar-refractivity contribution is 6.30. The molecule has 304 valence electrons. The summed E-state index contributed by atoms with van der Waals surface area (Å²) in [6, 6.07) is 21.7. The molecule has 0 saturated heterocycles. The van der Waals surface area contributed by atoms with Crippen molar-refractivity contribution in [3.05, 3.63) is 176 Å². The molecule has 2 saturated carbocycles. The van der Waals surface area contributed by atoms with Crippen LogP contribution in [0.1, 0.15) is 78.2 Å². The summed E-state index contributed by atoms with van der Waals surface area (Å²) in [7, 11) is 0. The lowest BCUT2D eigenvalue weighted by molar-refractivity contribution is 0.233. The largest absolute Gasteiger partial charge is 0.437 e. The summed E-state index contributed by atoms with van der Waals surface area (Å²) in [5.41, 5.74) is 3.25. The Labute approximate surface area is 347 Å². The van der Waals surface area contributed by atoms with Crippen molar-refractivity contribution < 1.29 is 8.83 Å². The molecule has 2 aliphatic carbocycles. The average molecular weight is 850 g/mol. The Morgan fingerprint density at radius 3 is 1.65 bits per heavy atom. The highest BCUT2D eigenvalue weighted by atomic mass is 35.5. The van der Waals surface area contributed by atoms with Gasteiger partial charge in [0.05, 0.1) is 35.8 Å². The van der Waals surface area contributed by atoms with Gasteiger partial charge >= 0.3 is 11.5 Å². The molecule has 10 rings (SSSR count). The molecule has 0 spiro atoms. The fourth-order valence-electron chi connectivity index (χ4n) is 7.55. The third-order valence-electron chi connectivity index (χ3n) is 11.0. The number of aryl methyl sites for hydroxylation is 1. The molecule has 0 aliphatic heterocycles. The van der Waals surface area contributed by atoms with Crippen molar-refractivity contribution in [3.63, 3.8) is 0 Å². The molecular formula is C41H34Cl2N10O7. The molecule has 0 atom stereocenters. The van der Waals surface area contributed by atoms with Gasteiger partial charge in [0.15, 0.2) is 5.52 Å². The second-order valence-corrected chi connectivity index (χ2v) is 15.8. The van der Waals surface area contributed by atoms with E-state index in [1.165, 1.54) is 54.4 Å². The van der Waals surface area contributed by atoms with Gasteiger partial charge in [0.2, 0.25) is 17.3 Å². The molecule has 2 aliphatic rings. The lowest BCUT2D eigenvalue weighted by Crippen LogP contribution is -2.31. The number of aromatic amines is 1. The maximum atomic E-state index is 12.7. The first-order valence-corrected chi connectivity index (χ1v) is 19.8. The zero-order valence-corrected chi connectivity index (χ0v) is 33.3. The van der Waals surface area contributed by atoms with E-state index in [9.17, 15) is 24.0 Å². The van der Waals surface area contributed by atoms with Gasteiger partial charge in [-0.2, -0.15) is 9.36 Å². The van der Waals surface area contributed by atoms with Crippen molar-refractivity contribution >= 4 is 45.3 Å². The van der Waals surface area contributed by atoms with Crippen molar-refractivity contribution in [1.82, 2.24) is 48.6 Å². The van der Waals surface area contributed by atoms with Gasteiger partial charge in [-0.15, -0.1) is 10.2 Å². The molecule has 8 aromatic rings. The molecule has 19 heteroatoms. The summed E-state index contributed by atoms with van der Waals surface area (Å²) in [6.45, 7) is 1.77. The molecule has 1 N–H and O–H groups in total. The van der Waals surface area contributed by atoms with E-state index >= 15 is 0 Å². The van der Waals surface area contributed by atoms with Gasteiger partial charge in [-0.05, 0) is 98.0 Å². The molecule has 2 fully saturated rings. The predicted molar refractivity (Wildman–Crippen MR) is 220 cm³/mol. The van der Waals surface area contributed by atoms with Crippen molar-refractivity contribution in [1.29, 1.82) is 0 Å². The highest BCUT2D eigenvalue weighted by Crippen LogP contribution is 2.45. The molecule has 6 aromatic heterocycles. The molecule has 60 heavy (non-hydrogen) atoms. The van der Waals surface area contributed by atoms with Gasteiger partial charge in [0, 0.05) is 21.8 Å². The van der Waals surface area contributed by atoms with Gasteiger partial charge < -0.3 is 13.8 Å². The zero-order valence-electron chi connectivity index (χ0n) is 31.8. The molecule has 0 amide bonds. The van der Waals surface area contributed by atoms with E-state index in [1.807, 2.05) is 55.5 Å². The Morgan fingerprint density at radius 1 is 0.633 bits per heavy atom. The van der Waals surface area contributed by atoms with Gasteiger partial charge in [-0.25, -0.2) is 24.5 Å². The molecule has 0 bridgehead atoms. The number of nitrogens with zero attached hydrogens (tertiary/aromatic N) is 9. The summed E-state index contributed by atoms with van der Waals surface area (Å²) < 4.78 is 15.8. The van der Waals surface area contributed by atoms with Gasteiger partial charge in [-0.3, -0.25) is 23.5 Å². The lowest BCUT2D eigenvalue weighted by Gasteiger charge is -2.34. The number of fused-ring (bicyclic) bond motifs is 2. The first-order valence-electron chi connectivity index (χ1n) is 19.0. The minimum absolute atomic E-state index is 0.0208. The molecule has 6 heterocycles. The van der Waals surface area contributed by atoms with Gasteiger partial charge in [0.25, 0.3) is 11.1 Å². The summed E-state index contributed by atoms with van der Waals surface area (Å²) >= 11 is 11.9. The van der Waals surface area contributed by atoms with E-state index in [0.29, 0.717) is 32.9 Å².